The van der Waals surface area contributed by atoms with E-state index in [0.29, 0.717) is 16.5 Å². The van der Waals surface area contributed by atoms with Gasteiger partial charge in [-0.05, 0) is 52.1 Å². The molecule has 2 heterocycles. The number of rotatable bonds is 15. The van der Waals surface area contributed by atoms with Crippen LogP contribution in [0.2, 0.25) is 0 Å². The summed E-state index contributed by atoms with van der Waals surface area (Å²) in [7, 11) is -21.5. The fourth-order valence-electron chi connectivity index (χ4n) is 6.47. The quantitative estimate of drug-likeness (QED) is 0.0753. The highest BCUT2D eigenvalue weighted by Crippen LogP contribution is 2.68. The molecule has 0 bridgehead atoms. The predicted molar refractivity (Wildman–Crippen MR) is 201 cm³/mol. The second-order valence-corrected chi connectivity index (χ2v) is 19.4. The number of sulfone groups is 1. The Morgan fingerprint density at radius 3 is 2.18 bits per heavy atom. The molecule has 22 heteroatoms. The molecule has 6 aromatic rings. The Kier molecular flexibility index (Phi) is 11.0. The summed E-state index contributed by atoms with van der Waals surface area (Å²) in [5.41, 5.74) is -1.37. The highest BCUT2D eigenvalue weighted by Gasteiger charge is 2.47. The molecule has 1 saturated heterocycles. The Hall–Kier alpha value is -4.06. The fraction of sp³-hybridized carbons (Fsp3) is 0.235. The molecule has 0 amide bonds. The first kappa shape index (κ1) is 40.1. The molecule has 18 nitrogen and oxygen atoms in total. The first-order valence-electron chi connectivity index (χ1n) is 16.7. The Bertz CT molecular complexity index is 2800. The molecule has 0 radical (unpaired) electrons. The third kappa shape index (κ3) is 8.75. The summed E-state index contributed by atoms with van der Waals surface area (Å²) < 4.78 is 96.2. The van der Waals surface area contributed by atoms with Gasteiger partial charge in [-0.1, -0.05) is 66.7 Å². The molecule has 6 atom stereocenters. The number of aromatic nitrogens is 2. The van der Waals surface area contributed by atoms with Crippen LogP contribution in [0.1, 0.15) is 18.2 Å². The molecule has 0 saturated carbocycles. The van der Waals surface area contributed by atoms with Crippen molar-refractivity contribution in [1.29, 1.82) is 0 Å². The second kappa shape index (κ2) is 15.4. The van der Waals surface area contributed by atoms with Gasteiger partial charge in [0.2, 0.25) is 0 Å². The lowest BCUT2D eigenvalue weighted by Gasteiger charge is -2.23. The maximum Gasteiger partial charge on any atom is 0.490 e. The molecule has 7 rings (SSSR count). The van der Waals surface area contributed by atoms with Crippen LogP contribution in [0.3, 0.4) is 0 Å². The molecule has 4 unspecified atom stereocenters. The molecular formula is C34H33N2O16P3S. The summed E-state index contributed by atoms with van der Waals surface area (Å²) in [6.07, 6.45) is -3.02. The van der Waals surface area contributed by atoms with Gasteiger partial charge in [0.05, 0.1) is 17.3 Å². The van der Waals surface area contributed by atoms with E-state index in [1.807, 2.05) is 30.3 Å². The first-order chi connectivity index (χ1) is 26.4. The van der Waals surface area contributed by atoms with E-state index in [1.54, 1.807) is 48.5 Å². The van der Waals surface area contributed by atoms with Crippen LogP contribution in [0.4, 0.5) is 0 Å². The smallest absolute Gasteiger partial charge is 0.490 e. The summed E-state index contributed by atoms with van der Waals surface area (Å²) in [5.74, 6) is -0.495. The SMILES string of the molecule is Cc1cn([C@H]2CC(OP(=O)(O)OP(=O)(O)OP(=O)(O)OCCS(=O)(=O)c3ccc4ccc5cccc6ccc3c4c56)[C@@H](COc3ccccc3)O2)c(=O)[nH]c1=O. The van der Waals surface area contributed by atoms with Gasteiger partial charge in [0.15, 0.2) is 9.84 Å². The summed E-state index contributed by atoms with van der Waals surface area (Å²) in [6.45, 7) is 0.102. The lowest BCUT2D eigenvalue weighted by atomic mass is 9.94. The maximum atomic E-state index is 13.5. The van der Waals surface area contributed by atoms with Crippen LogP contribution in [-0.4, -0.2) is 63.8 Å². The monoisotopic (exact) mass is 850 g/mol. The maximum absolute atomic E-state index is 13.5. The Morgan fingerprint density at radius 1 is 0.821 bits per heavy atom. The number of nitrogens with one attached hydrogen (secondary N) is 1. The molecular weight excluding hydrogens is 817 g/mol. The predicted octanol–water partition coefficient (Wildman–Crippen LogP) is 5.32. The van der Waals surface area contributed by atoms with Gasteiger partial charge in [0.25, 0.3) is 5.56 Å². The molecule has 0 aliphatic carbocycles. The van der Waals surface area contributed by atoms with E-state index < -0.39 is 75.3 Å². The van der Waals surface area contributed by atoms with Gasteiger partial charge in [0.1, 0.15) is 30.8 Å². The molecule has 1 fully saturated rings. The highest BCUT2D eigenvalue weighted by atomic mass is 32.2. The number of benzene rings is 5. The standard InChI is InChI=1S/C34H33N2O16P3S/c1-21-19-36(34(38)35-33(21)37)30-18-27(28(49-30)20-47-25-8-3-2-4-9-25)50-54(41,42)52-55(43,44)51-53(39,40)48-16-17-56(45,46)29-15-13-24-11-10-22-6-5-7-23-12-14-26(29)32(24)31(22)23/h2-15,19,27-28,30H,16-18,20H2,1H3,(H,39,40)(H,41,42)(H,43,44)(H,35,37,38)/t27?,28-,30-/m1/s1. The number of para-hydroxylation sites is 1. The van der Waals surface area contributed by atoms with Gasteiger partial charge < -0.3 is 24.2 Å². The van der Waals surface area contributed by atoms with Crippen molar-refractivity contribution < 1.29 is 63.9 Å². The van der Waals surface area contributed by atoms with Gasteiger partial charge >= 0.3 is 29.2 Å². The zero-order valence-corrected chi connectivity index (χ0v) is 32.6. The van der Waals surface area contributed by atoms with E-state index >= 15 is 0 Å². The van der Waals surface area contributed by atoms with Crippen LogP contribution in [0, 0.1) is 6.92 Å². The number of phosphoric acid groups is 3. The molecule has 56 heavy (non-hydrogen) atoms. The first-order valence-corrected chi connectivity index (χ1v) is 22.8. The molecule has 0 spiro atoms. The van der Waals surface area contributed by atoms with Crippen molar-refractivity contribution in [3.8, 4) is 5.75 Å². The molecule has 1 aromatic heterocycles. The second-order valence-electron chi connectivity index (χ2n) is 12.8. The van der Waals surface area contributed by atoms with Crippen LogP contribution in [0.25, 0.3) is 32.3 Å². The number of ether oxygens (including phenoxy) is 2. The number of aromatic amines is 1. The number of hydrogen-bond acceptors (Lipinski definition) is 13. The Balaban J connectivity index is 1.01. The summed E-state index contributed by atoms with van der Waals surface area (Å²) in [5, 5.41) is 4.59. The Labute approximate surface area is 317 Å². The fourth-order valence-corrected chi connectivity index (χ4v) is 11.6. The lowest BCUT2D eigenvalue weighted by Crippen LogP contribution is -2.33. The number of phosphoric ester groups is 2. The number of hydrogen-bond donors (Lipinski definition) is 4. The van der Waals surface area contributed by atoms with Crippen molar-refractivity contribution >= 4 is 65.6 Å². The van der Waals surface area contributed by atoms with Gasteiger partial charge in [0, 0.05) is 23.6 Å². The number of aryl methyl sites for hydroxylation is 1. The van der Waals surface area contributed by atoms with Crippen LogP contribution in [-0.2, 0) is 45.9 Å². The van der Waals surface area contributed by atoms with Crippen LogP contribution in [0.5, 0.6) is 5.75 Å². The zero-order chi connectivity index (χ0) is 40.0. The van der Waals surface area contributed by atoms with Crippen molar-refractivity contribution in [3.05, 3.63) is 118 Å². The molecule has 5 aromatic carbocycles. The molecule has 4 N–H and O–H groups in total. The highest BCUT2D eigenvalue weighted by molar-refractivity contribution is 7.91. The van der Waals surface area contributed by atoms with E-state index in [-0.39, 0.29) is 23.5 Å². The topological polar surface area (TPSA) is 256 Å². The molecule has 1 aliphatic heterocycles. The minimum Gasteiger partial charge on any atom is -0.491 e. The van der Waals surface area contributed by atoms with Crippen molar-refractivity contribution in [2.24, 2.45) is 0 Å². The van der Waals surface area contributed by atoms with Gasteiger partial charge in [-0.15, -0.1) is 0 Å². The normalized spacial score (nSPS) is 20.9. The van der Waals surface area contributed by atoms with Crippen molar-refractivity contribution in [1.82, 2.24) is 9.55 Å². The van der Waals surface area contributed by atoms with E-state index in [0.717, 1.165) is 26.1 Å². The Morgan fingerprint density at radius 2 is 1.46 bits per heavy atom. The van der Waals surface area contributed by atoms with Crippen molar-refractivity contribution in [2.45, 2.75) is 36.7 Å². The average molecular weight is 851 g/mol. The minimum absolute atomic E-state index is 0.0822. The minimum atomic E-state index is -5.97. The molecule has 296 valence electrons. The van der Waals surface area contributed by atoms with Gasteiger partial charge in [-0.3, -0.25) is 23.4 Å². The average Bonchev–Trinajstić information content (AvgIpc) is 3.51. The third-order valence-corrected chi connectivity index (χ3v) is 15.0. The van der Waals surface area contributed by atoms with Crippen molar-refractivity contribution in [2.75, 3.05) is 19.0 Å². The van der Waals surface area contributed by atoms with Gasteiger partial charge in [-0.2, -0.15) is 8.62 Å². The zero-order valence-electron chi connectivity index (χ0n) is 29.1. The van der Waals surface area contributed by atoms with Crippen LogP contribution >= 0.6 is 23.5 Å². The number of nitrogens with zero attached hydrogens (tertiary/aromatic N) is 1. The molecule has 1 aliphatic rings. The third-order valence-electron chi connectivity index (χ3n) is 8.91. The van der Waals surface area contributed by atoms with E-state index in [2.05, 4.69) is 18.1 Å². The summed E-state index contributed by atoms with van der Waals surface area (Å²) >= 11 is 0. The van der Waals surface area contributed by atoms with Crippen LogP contribution < -0.4 is 16.0 Å². The van der Waals surface area contributed by atoms with Crippen molar-refractivity contribution in [3.63, 3.8) is 0 Å². The number of H-pyrrole nitrogens is 1. The summed E-state index contributed by atoms with van der Waals surface area (Å²) in [4.78, 5) is 57.4. The van der Waals surface area contributed by atoms with E-state index in [1.165, 1.54) is 19.2 Å². The summed E-state index contributed by atoms with van der Waals surface area (Å²) in [6, 6.07) is 24.2. The lowest BCUT2D eigenvalue weighted by molar-refractivity contribution is -0.0404. The largest absolute Gasteiger partial charge is 0.491 e. The van der Waals surface area contributed by atoms with Crippen LogP contribution in [0.15, 0.2) is 106 Å². The van der Waals surface area contributed by atoms with Gasteiger partial charge in [-0.25, -0.2) is 26.9 Å². The van der Waals surface area contributed by atoms with E-state index in [4.69, 9.17) is 14.0 Å². The van der Waals surface area contributed by atoms with E-state index in [9.17, 15) is 46.4 Å².